The van der Waals surface area contributed by atoms with Crippen molar-refractivity contribution in [3.63, 3.8) is 0 Å². The molecule has 9 heteroatoms. The van der Waals surface area contributed by atoms with Gasteiger partial charge in [-0.1, -0.05) is 46.3 Å². The van der Waals surface area contributed by atoms with Gasteiger partial charge >= 0.3 is 0 Å². The first-order valence-electron chi connectivity index (χ1n) is 9.18. The zero-order valence-electron chi connectivity index (χ0n) is 15.6. The van der Waals surface area contributed by atoms with E-state index in [0.29, 0.717) is 17.8 Å². The molecule has 1 fully saturated rings. The summed E-state index contributed by atoms with van der Waals surface area (Å²) in [5.41, 5.74) is 2.05. The summed E-state index contributed by atoms with van der Waals surface area (Å²) in [5, 5.41) is 11.9. The van der Waals surface area contributed by atoms with Crippen LogP contribution in [0.5, 0.6) is 0 Å². The van der Waals surface area contributed by atoms with Gasteiger partial charge in [-0.2, -0.15) is 5.11 Å². The number of amides is 3. The standard InChI is InChI=1S/C20H18BrN5O3/c1-2-12-10-13(21)8-9-15(12)26-19(28)17-18(20(26)29)25(24-23-17)11-16(27)22-14-6-4-3-5-7-14/h3-10,17-18H,2,11H2,1H3,(H,22,27)/t17-,18+/m1/s1. The quantitative estimate of drug-likeness (QED) is 0.701. The molecule has 2 aromatic carbocycles. The van der Waals surface area contributed by atoms with Crippen LogP contribution in [0.2, 0.25) is 0 Å². The summed E-state index contributed by atoms with van der Waals surface area (Å²) in [6, 6.07) is 12.6. The Bertz CT molecular complexity index is 1010. The number of benzene rings is 2. The number of aryl methyl sites for hydroxylation is 1. The highest BCUT2D eigenvalue weighted by atomic mass is 79.9. The lowest BCUT2D eigenvalue weighted by Crippen LogP contribution is -2.43. The number of nitrogens with one attached hydrogen (secondary N) is 1. The molecule has 2 aliphatic rings. The maximum absolute atomic E-state index is 13.1. The number of imide groups is 1. The Morgan fingerprint density at radius 1 is 1.14 bits per heavy atom. The summed E-state index contributed by atoms with van der Waals surface area (Å²) in [6.45, 7) is 1.78. The molecule has 2 atom stereocenters. The molecule has 8 nitrogen and oxygen atoms in total. The van der Waals surface area contributed by atoms with Crippen molar-refractivity contribution in [2.75, 3.05) is 16.8 Å². The van der Waals surface area contributed by atoms with Crippen LogP contribution in [0.25, 0.3) is 0 Å². The summed E-state index contributed by atoms with van der Waals surface area (Å²) >= 11 is 3.41. The molecule has 29 heavy (non-hydrogen) atoms. The van der Waals surface area contributed by atoms with Gasteiger partial charge in [-0.05, 0) is 42.3 Å². The molecule has 0 aliphatic carbocycles. The monoisotopic (exact) mass is 455 g/mol. The molecule has 0 radical (unpaired) electrons. The highest BCUT2D eigenvalue weighted by molar-refractivity contribution is 9.10. The fourth-order valence-corrected chi connectivity index (χ4v) is 3.92. The van der Waals surface area contributed by atoms with Crippen molar-refractivity contribution in [2.24, 2.45) is 10.3 Å². The predicted molar refractivity (Wildman–Crippen MR) is 110 cm³/mol. The van der Waals surface area contributed by atoms with Gasteiger partial charge in [-0.3, -0.25) is 19.4 Å². The third-order valence-electron chi connectivity index (χ3n) is 4.88. The van der Waals surface area contributed by atoms with Crippen molar-refractivity contribution in [3.8, 4) is 0 Å². The summed E-state index contributed by atoms with van der Waals surface area (Å²) in [6.07, 6.45) is 0.659. The molecule has 2 aromatic rings. The second kappa shape index (κ2) is 7.75. The Balaban J connectivity index is 1.53. The Kier molecular flexibility index (Phi) is 5.14. The minimum atomic E-state index is -0.930. The normalized spacial score (nSPS) is 20.3. The maximum atomic E-state index is 13.1. The molecular formula is C20H18BrN5O3. The van der Waals surface area contributed by atoms with E-state index in [1.165, 1.54) is 9.91 Å². The highest BCUT2D eigenvalue weighted by Crippen LogP contribution is 2.34. The van der Waals surface area contributed by atoms with Crippen molar-refractivity contribution < 1.29 is 14.4 Å². The molecular weight excluding hydrogens is 438 g/mol. The van der Waals surface area contributed by atoms with E-state index < -0.39 is 23.9 Å². The van der Waals surface area contributed by atoms with Crippen molar-refractivity contribution in [1.82, 2.24) is 5.01 Å². The first kappa shape index (κ1) is 19.3. The third-order valence-corrected chi connectivity index (χ3v) is 5.38. The number of para-hydroxylation sites is 1. The number of hydrogen-bond donors (Lipinski definition) is 1. The highest BCUT2D eigenvalue weighted by Gasteiger charge is 2.55. The van der Waals surface area contributed by atoms with Crippen LogP contribution >= 0.6 is 15.9 Å². The number of carbonyl (C=O) groups is 3. The van der Waals surface area contributed by atoms with Gasteiger partial charge in [-0.15, -0.1) is 0 Å². The van der Waals surface area contributed by atoms with Gasteiger partial charge in [0.25, 0.3) is 11.8 Å². The van der Waals surface area contributed by atoms with Crippen molar-refractivity contribution in [2.45, 2.75) is 25.4 Å². The van der Waals surface area contributed by atoms with Gasteiger partial charge in [-0.25, -0.2) is 4.90 Å². The van der Waals surface area contributed by atoms with E-state index in [-0.39, 0.29) is 12.5 Å². The minimum Gasteiger partial charge on any atom is -0.324 e. The van der Waals surface area contributed by atoms with E-state index in [2.05, 4.69) is 31.6 Å². The first-order chi connectivity index (χ1) is 14.0. The van der Waals surface area contributed by atoms with Gasteiger partial charge in [0, 0.05) is 10.2 Å². The molecule has 0 bridgehead atoms. The molecule has 3 amide bonds. The molecule has 4 rings (SSSR count). The summed E-state index contributed by atoms with van der Waals surface area (Å²) in [4.78, 5) is 39.5. The number of hydrogen-bond acceptors (Lipinski definition) is 6. The molecule has 1 saturated heterocycles. The molecule has 2 aliphatic heterocycles. The lowest BCUT2D eigenvalue weighted by molar-refractivity contribution is -0.123. The Hall–Kier alpha value is -3.07. The van der Waals surface area contributed by atoms with Crippen molar-refractivity contribution in [3.05, 3.63) is 58.6 Å². The summed E-state index contributed by atoms with van der Waals surface area (Å²) in [5.74, 6) is -1.19. The van der Waals surface area contributed by atoms with Gasteiger partial charge < -0.3 is 5.32 Å². The number of halogens is 1. The van der Waals surface area contributed by atoms with E-state index in [0.717, 1.165) is 10.0 Å². The van der Waals surface area contributed by atoms with E-state index in [1.807, 2.05) is 31.2 Å². The van der Waals surface area contributed by atoms with Crippen molar-refractivity contribution in [1.29, 1.82) is 0 Å². The molecule has 2 heterocycles. The number of anilines is 2. The molecule has 0 saturated carbocycles. The minimum absolute atomic E-state index is 0.173. The van der Waals surface area contributed by atoms with E-state index in [1.54, 1.807) is 24.3 Å². The topological polar surface area (TPSA) is 94.4 Å². The van der Waals surface area contributed by atoms with Crippen LogP contribution in [-0.2, 0) is 20.8 Å². The largest absolute Gasteiger partial charge is 0.324 e. The molecule has 148 valence electrons. The molecule has 0 spiro atoms. The lowest BCUT2D eigenvalue weighted by atomic mass is 10.1. The Morgan fingerprint density at radius 3 is 2.62 bits per heavy atom. The smallest absolute Gasteiger partial charge is 0.263 e. The molecule has 0 unspecified atom stereocenters. The van der Waals surface area contributed by atoms with Crippen LogP contribution < -0.4 is 10.2 Å². The Labute approximate surface area is 175 Å². The molecule has 0 aromatic heterocycles. The predicted octanol–water partition coefficient (Wildman–Crippen LogP) is 2.94. The zero-order chi connectivity index (χ0) is 20.5. The number of rotatable bonds is 5. The second-order valence-corrected chi connectivity index (χ2v) is 7.66. The van der Waals surface area contributed by atoms with Crippen LogP contribution in [0.15, 0.2) is 63.3 Å². The fourth-order valence-electron chi connectivity index (χ4n) is 3.52. The van der Waals surface area contributed by atoms with E-state index >= 15 is 0 Å². The van der Waals surface area contributed by atoms with Crippen LogP contribution in [0, 0.1) is 0 Å². The molecule has 1 N–H and O–H groups in total. The maximum Gasteiger partial charge on any atom is 0.263 e. The summed E-state index contributed by atoms with van der Waals surface area (Å²) < 4.78 is 0.872. The van der Waals surface area contributed by atoms with Gasteiger partial charge in [0.05, 0.1) is 5.69 Å². The SMILES string of the molecule is CCc1cc(Br)ccc1N1C(=O)[C@@H]2[C@@H](N=NN2CC(=O)Nc2ccccc2)C1=O. The van der Waals surface area contributed by atoms with Gasteiger partial charge in [0.1, 0.15) is 6.54 Å². The van der Waals surface area contributed by atoms with E-state index in [4.69, 9.17) is 0 Å². The summed E-state index contributed by atoms with van der Waals surface area (Å²) in [7, 11) is 0. The van der Waals surface area contributed by atoms with Crippen LogP contribution in [0.4, 0.5) is 11.4 Å². The third kappa shape index (κ3) is 3.53. The Morgan fingerprint density at radius 2 is 1.90 bits per heavy atom. The zero-order valence-corrected chi connectivity index (χ0v) is 17.2. The average molecular weight is 456 g/mol. The van der Waals surface area contributed by atoms with Gasteiger partial charge in [0.2, 0.25) is 5.91 Å². The number of fused-ring (bicyclic) bond motifs is 1. The van der Waals surface area contributed by atoms with Crippen molar-refractivity contribution >= 4 is 45.0 Å². The number of nitrogens with zero attached hydrogens (tertiary/aromatic N) is 4. The van der Waals surface area contributed by atoms with Crippen LogP contribution in [0.3, 0.4) is 0 Å². The lowest BCUT2D eigenvalue weighted by Gasteiger charge is -2.21. The number of carbonyl (C=O) groups excluding carboxylic acids is 3. The van der Waals surface area contributed by atoms with Crippen LogP contribution in [0.1, 0.15) is 12.5 Å². The first-order valence-corrected chi connectivity index (χ1v) is 9.97. The van der Waals surface area contributed by atoms with Gasteiger partial charge in [0.15, 0.2) is 12.1 Å². The van der Waals surface area contributed by atoms with Crippen LogP contribution in [-0.4, -0.2) is 41.4 Å². The second-order valence-electron chi connectivity index (χ2n) is 6.74. The van der Waals surface area contributed by atoms with E-state index in [9.17, 15) is 14.4 Å². The fraction of sp³-hybridized carbons (Fsp3) is 0.250. The average Bonchev–Trinajstić information content (AvgIpc) is 3.22.